The molecule has 0 aromatic carbocycles. The molecular formula is C14H17BrClN6O+. The zero-order valence-corrected chi connectivity index (χ0v) is 15.3. The number of hydrogen-bond acceptors (Lipinski definition) is 6. The van der Waals surface area contributed by atoms with Gasteiger partial charge in [-0.25, -0.2) is 4.98 Å². The van der Waals surface area contributed by atoms with Crippen LogP contribution in [0.4, 0.5) is 17.5 Å². The van der Waals surface area contributed by atoms with Crippen LogP contribution in [-0.4, -0.2) is 23.8 Å². The number of H-pyrrole nitrogens is 1. The van der Waals surface area contributed by atoms with Crippen molar-refractivity contribution in [2.45, 2.75) is 20.4 Å². The van der Waals surface area contributed by atoms with Crippen LogP contribution in [0, 0.1) is 13.8 Å². The first-order valence-corrected chi connectivity index (χ1v) is 7.84. The molecule has 0 bridgehead atoms. The SMILES string of the molecule is C=Nc1c(Br)nc(N)nc1NCc1[nH+]c(Cl)c(C)c(OC)c1C. The Bertz CT molecular complexity index is 768. The lowest BCUT2D eigenvalue weighted by atomic mass is 10.1. The first-order chi connectivity index (χ1) is 10.9. The van der Waals surface area contributed by atoms with Crippen molar-refractivity contribution in [2.24, 2.45) is 4.99 Å². The van der Waals surface area contributed by atoms with Gasteiger partial charge in [0, 0.05) is 0 Å². The maximum absolute atomic E-state index is 6.22. The number of nitrogens with two attached hydrogens (primary N) is 1. The van der Waals surface area contributed by atoms with Gasteiger partial charge in [0.2, 0.25) is 11.6 Å². The van der Waals surface area contributed by atoms with Crippen molar-refractivity contribution in [2.75, 3.05) is 18.2 Å². The van der Waals surface area contributed by atoms with E-state index in [-0.39, 0.29) is 5.95 Å². The zero-order valence-electron chi connectivity index (χ0n) is 13.0. The summed E-state index contributed by atoms with van der Waals surface area (Å²) in [5.41, 5.74) is 8.83. The summed E-state index contributed by atoms with van der Waals surface area (Å²) < 4.78 is 5.89. The highest BCUT2D eigenvalue weighted by Gasteiger charge is 2.20. The molecule has 0 aliphatic carbocycles. The molecule has 2 aromatic rings. The number of nitrogens with zero attached hydrogens (tertiary/aromatic N) is 3. The van der Waals surface area contributed by atoms with Crippen LogP contribution in [0.2, 0.25) is 5.15 Å². The molecule has 7 nitrogen and oxygen atoms in total. The summed E-state index contributed by atoms with van der Waals surface area (Å²) in [6.45, 7) is 7.79. The molecule has 0 saturated heterocycles. The number of pyridine rings is 1. The molecule has 122 valence electrons. The van der Waals surface area contributed by atoms with Gasteiger partial charge in [-0.1, -0.05) is 0 Å². The average molecular weight is 401 g/mol. The quantitative estimate of drug-likeness (QED) is 0.457. The molecule has 0 radical (unpaired) electrons. The molecule has 0 spiro atoms. The molecule has 0 aliphatic heterocycles. The van der Waals surface area contributed by atoms with E-state index in [0.717, 1.165) is 22.6 Å². The van der Waals surface area contributed by atoms with Gasteiger partial charge in [0.15, 0.2) is 5.82 Å². The minimum Gasteiger partial charge on any atom is -0.496 e. The summed E-state index contributed by atoms with van der Waals surface area (Å²) in [4.78, 5) is 15.2. The smallest absolute Gasteiger partial charge is 0.280 e. The van der Waals surface area contributed by atoms with Gasteiger partial charge < -0.3 is 15.8 Å². The third-order valence-electron chi connectivity index (χ3n) is 3.38. The van der Waals surface area contributed by atoms with E-state index in [1.54, 1.807) is 7.11 Å². The number of aliphatic imine (C=N–C) groups is 1. The first kappa shape index (κ1) is 17.4. The van der Waals surface area contributed by atoms with Crippen molar-refractivity contribution in [3.05, 3.63) is 26.6 Å². The minimum absolute atomic E-state index is 0.131. The predicted octanol–water partition coefficient (Wildman–Crippen LogP) is 2.86. The first-order valence-electron chi connectivity index (χ1n) is 6.67. The van der Waals surface area contributed by atoms with E-state index in [9.17, 15) is 0 Å². The number of anilines is 2. The number of ether oxygens (including phenoxy) is 1. The van der Waals surface area contributed by atoms with Crippen LogP contribution in [0.3, 0.4) is 0 Å². The second-order valence-corrected chi connectivity index (χ2v) is 5.91. The molecule has 0 fully saturated rings. The van der Waals surface area contributed by atoms with Crippen molar-refractivity contribution in [1.82, 2.24) is 9.97 Å². The number of halogens is 2. The van der Waals surface area contributed by atoms with E-state index < -0.39 is 0 Å². The minimum atomic E-state index is 0.131. The van der Waals surface area contributed by atoms with Crippen LogP contribution >= 0.6 is 27.5 Å². The summed E-state index contributed by atoms with van der Waals surface area (Å²) in [7, 11) is 1.62. The van der Waals surface area contributed by atoms with Gasteiger partial charge in [0.1, 0.15) is 22.6 Å². The van der Waals surface area contributed by atoms with Gasteiger partial charge in [0.05, 0.1) is 18.2 Å². The molecule has 4 N–H and O–H groups in total. The van der Waals surface area contributed by atoms with Gasteiger partial charge in [-0.05, 0) is 48.1 Å². The molecule has 2 rings (SSSR count). The lowest BCUT2D eigenvalue weighted by molar-refractivity contribution is -0.388. The Labute approximate surface area is 147 Å². The Morgan fingerprint density at radius 2 is 2.09 bits per heavy atom. The second-order valence-electron chi connectivity index (χ2n) is 4.78. The number of nitrogens with one attached hydrogen (secondary N) is 2. The number of aromatic nitrogens is 3. The predicted molar refractivity (Wildman–Crippen MR) is 94.7 cm³/mol. The highest BCUT2D eigenvalue weighted by Crippen LogP contribution is 2.32. The number of methoxy groups -OCH3 is 1. The highest BCUT2D eigenvalue weighted by molar-refractivity contribution is 9.10. The van der Waals surface area contributed by atoms with Crippen molar-refractivity contribution >= 4 is 51.7 Å². The summed E-state index contributed by atoms with van der Waals surface area (Å²) in [6.07, 6.45) is 0. The molecule has 23 heavy (non-hydrogen) atoms. The highest BCUT2D eigenvalue weighted by atomic mass is 79.9. The van der Waals surface area contributed by atoms with Gasteiger partial charge >= 0.3 is 0 Å². The monoisotopic (exact) mass is 399 g/mol. The number of aromatic amines is 1. The normalized spacial score (nSPS) is 10.5. The maximum Gasteiger partial charge on any atom is 0.280 e. The molecule has 2 aromatic heterocycles. The van der Waals surface area contributed by atoms with Crippen LogP contribution in [-0.2, 0) is 6.54 Å². The van der Waals surface area contributed by atoms with E-state index in [1.807, 2.05) is 13.8 Å². The van der Waals surface area contributed by atoms with E-state index in [2.05, 4.69) is 47.9 Å². The molecule has 0 amide bonds. The third-order valence-corrected chi connectivity index (χ3v) is 4.31. The fraction of sp³-hybridized carbons (Fsp3) is 0.286. The zero-order chi connectivity index (χ0) is 17.1. The van der Waals surface area contributed by atoms with Crippen LogP contribution in [0.1, 0.15) is 16.8 Å². The summed E-state index contributed by atoms with van der Waals surface area (Å²) in [5, 5.41) is 3.68. The molecule has 0 atom stereocenters. The molecule has 9 heteroatoms. The molecule has 0 saturated carbocycles. The van der Waals surface area contributed by atoms with Crippen LogP contribution < -0.4 is 20.8 Å². The van der Waals surface area contributed by atoms with Crippen LogP contribution in [0.5, 0.6) is 5.75 Å². The lowest BCUT2D eigenvalue weighted by Crippen LogP contribution is -2.20. The van der Waals surface area contributed by atoms with Crippen molar-refractivity contribution < 1.29 is 9.72 Å². The summed E-state index contributed by atoms with van der Waals surface area (Å²) >= 11 is 9.50. The van der Waals surface area contributed by atoms with E-state index in [1.165, 1.54) is 0 Å². The molecule has 0 unspecified atom stereocenters. The largest absolute Gasteiger partial charge is 0.496 e. The van der Waals surface area contributed by atoms with E-state index >= 15 is 0 Å². The lowest BCUT2D eigenvalue weighted by Gasteiger charge is -2.11. The summed E-state index contributed by atoms with van der Waals surface area (Å²) in [6, 6.07) is 0. The fourth-order valence-electron chi connectivity index (χ4n) is 2.20. The summed E-state index contributed by atoms with van der Waals surface area (Å²) in [5.74, 6) is 1.35. The number of rotatable bonds is 5. The van der Waals surface area contributed by atoms with Crippen LogP contribution in [0.25, 0.3) is 0 Å². The van der Waals surface area contributed by atoms with E-state index in [4.69, 9.17) is 22.1 Å². The molecule has 0 aliphatic rings. The number of nitrogen functional groups attached to an aromatic ring is 1. The Morgan fingerprint density at radius 1 is 1.39 bits per heavy atom. The van der Waals surface area contributed by atoms with Crippen molar-refractivity contribution in [1.29, 1.82) is 0 Å². The standard InChI is InChI=1S/C14H16BrClN6O/c1-6-8(20-12(16)7(2)10(6)23-4)5-19-13-9(18-3)11(15)21-14(17)22-13/h3,5H2,1-2,4H3,(H3,17,19,21,22)/p+1. The van der Waals surface area contributed by atoms with Gasteiger partial charge in [-0.15, -0.1) is 0 Å². The Balaban J connectivity index is 2.36. The Hall–Kier alpha value is -1.93. The molecular weight excluding hydrogens is 384 g/mol. The second kappa shape index (κ2) is 7.10. The van der Waals surface area contributed by atoms with Crippen molar-refractivity contribution in [3.63, 3.8) is 0 Å². The topological polar surface area (TPSA) is 99.6 Å². The van der Waals surface area contributed by atoms with Crippen LogP contribution in [0.15, 0.2) is 9.60 Å². The molecule has 2 heterocycles. The average Bonchev–Trinajstić information content (AvgIpc) is 2.49. The van der Waals surface area contributed by atoms with Gasteiger partial charge in [0.25, 0.3) is 5.15 Å². The van der Waals surface area contributed by atoms with E-state index in [0.29, 0.717) is 27.8 Å². The maximum atomic E-state index is 6.22. The fourth-order valence-corrected chi connectivity index (χ4v) is 2.89. The van der Waals surface area contributed by atoms with Gasteiger partial charge in [-0.3, -0.25) is 4.99 Å². The van der Waals surface area contributed by atoms with Crippen molar-refractivity contribution in [3.8, 4) is 5.75 Å². The number of hydrogen-bond donors (Lipinski definition) is 2. The Morgan fingerprint density at radius 3 is 2.70 bits per heavy atom. The Kier molecular flexibility index (Phi) is 5.38. The third kappa shape index (κ3) is 3.53. The van der Waals surface area contributed by atoms with Gasteiger partial charge in [-0.2, -0.15) is 9.97 Å².